The van der Waals surface area contributed by atoms with Crippen molar-refractivity contribution in [2.45, 2.75) is 44.2 Å². The van der Waals surface area contributed by atoms with Crippen LogP contribution in [0.3, 0.4) is 0 Å². The fourth-order valence-corrected chi connectivity index (χ4v) is 3.11. The van der Waals surface area contributed by atoms with Crippen LogP contribution in [0.4, 0.5) is 0 Å². The highest BCUT2D eigenvalue weighted by Crippen LogP contribution is 2.28. The summed E-state index contributed by atoms with van der Waals surface area (Å²) in [6.07, 6.45) is 6.57. The number of nitrogens with one attached hydrogen (secondary N) is 1. The van der Waals surface area contributed by atoms with E-state index in [0.717, 1.165) is 18.4 Å². The maximum atomic E-state index is 12.3. The summed E-state index contributed by atoms with van der Waals surface area (Å²) < 4.78 is 1.83. The number of benzene rings is 1. The molecule has 1 aromatic carbocycles. The number of carbonyl (C=O) groups is 2. The van der Waals surface area contributed by atoms with E-state index in [0.29, 0.717) is 6.04 Å². The van der Waals surface area contributed by atoms with Crippen molar-refractivity contribution >= 4 is 11.9 Å². The van der Waals surface area contributed by atoms with Gasteiger partial charge in [0.05, 0.1) is 6.04 Å². The monoisotopic (exact) mass is 327 g/mol. The first-order chi connectivity index (χ1) is 11.6. The van der Waals surface area contributed by atoms with Crippen molar-refractivity contribution < 1.29 is 14.7 Å². The third kappa shape index (κ3) is 3.82. The third-order valence-electron chi connectivity index (χ3n) is 4.43. The van der Waals surface area contributed by atoms with Gasteiger partial charge < -0.3 is 10.4 Å². The number of carbonyl (C=O) groups excluding carboxylic acids is 1. The lowest BCUT2D eigenvalue weighted by molar-refractivity contribution is -0.139. The van der Waals surface area contributed by atoms with Gasteiger partial charge >= 0.3 is 5.97 Å². The van der Waals surface area contributed by atoms with Crippen LogP contribution in [-0.4, -0.2) is 32.8 Å². The Hall–Kier alpha value is -2.63. The summed E-state index contributed by atoms with van der Waals surface area (Å²) in [5, 5.41) is 16.3. The van der Waals surface area contributed by atoms with Crippen LogP contribution in [0.5, 0.6) is 0 Å². The number of nitrogens with zero attached hydrogens (tertiary/aromatic N) is 2. The van der Waals surface area contributed by atoms with Crippen LogP contribution in [-0.2, 0) is 11.2 Å². The molecule has 24 heavy (non-hydrogen) atoms. The van der Waals surface area contributed by atoms with Crippen molar-refractivity contribution in [1.29, 1.82) is 0 Å². The summed E-state index contributed by atoms with van der Waals surface area (Å²) in [6.45, 7) is 0. The van der Waals surface area contributed by atoms with E-state index in [9.17, 15) is 14.7 Å². The van der Waals surface area contributed by atoms with Gasteiger partial charge in [-0.1, -0.05) is 43.2 Å². The van der Waals surface area contributed by atoms with Gasteiger partial charge in [-0.3, -0.25) is 9.48 Å². The van der Waals surface area contributed by atoms with Crippen LogP contribution in [0.15, 0.2) is 42.6 Å². The molecule has 2 N–H and O–H groups in total. The van der Waals surface area contributed by atoms with Gasteiger partial charge in [-0.25, -0.2) is 4.79 Å². The van der Waals surface area contributed by atoms with E-state index < -0.39 is 17.9 Å². The minimum Gasteiger partial charge on any atom is -0.480 e. The first-order valence-corrected chi connectivity index (χ1v) is 8.26. The predicted octanol–water partition coefficient (Wildman–Crippen LogP) is 2.42. The second-order valence-corrected chi connectivity index (χ2v) is 6.17. The average molecular weight is 327 g/mol. The van der Waals surface area contributed by atoms with E-state index in [4.69, 9.17) is 0 Å². The molecule has 0 radical (unpaired) electrons. The molecule has 0 bridgehead atoms. The Balaban J connectivity index is 1.66. The lowest BCUT2D eigenvalue weighted by Crippen LogP contribution is -2.42. The highest BCUT2D eigenvalue weighted by atomic mass is 16.4. The van der Waals surface area contributed by atoms with E-state index in [-0.39, 0.29) is 12.1 Å². The van der Waals surface area contributed by atoms with E-state index >= 15 is 0 Å². The third-order valence-corrected chi connectivity index (χ3v) is 4.43. The summed E-state index contributed by atoms with van der Waals surface area (Å²) in [6, 6.07) is 10.3. The molecular weight excluding hydrogens is 306 g/mol. The number of carboxylic acids is 1. The van der Waals surface area contributed by atoms with E-state index in [1.807, 2.05) is 35.0 Å². The molecule has 2 aromatic rings. The molecule has 0 spiro atoms. The van der Waals surface area contributed by atoms with Crippen molar-refractivity contribution in [3.63, 3.8) is 0 Å². The molecule has 1 atom stereocenters. The molecule has 1 aliphatic rings. The number of hydrogen-bond acceptors (Lipinski definition) is 3. The van der Waals surface area contributed by atoms with E-state index in [1.165, 1.54) is 12.8 Å². The normalized spacial score (nSPS) is 16.0. The summed E-state index contributed by atoms with van der Waals surface area (Å²) in [4.78, 5) is 23.8. The highest BCUT2D eigenvalue weighted by Gasteiger charge is 2.23. The van der Waals surface area contributed by atoms with Crippen molar-refractivity contribution in [2.24, 2.45) is 0 Å². The first-order valence-electron chi connectivity index (χ1n) is 8.26. The molecular formula is C18H21N3O3. The molecule has 3 rings (SSSR count). The topological polar surface area (TPSA) is 84.2 Å². The Kier molecular flexibility index (Phi) is 4.93. The Morgan fingerprint density at radius 1 is 1.21 bits per heavy atom. The molecule has 0 unspecified atom stereocenters. The van der Waals surface area contributed by atoms with Gasteiger partial charge in [0.1, 0.15) is 11.7 Å². The minimum atomic E-state index is -1.05. The maximum Gasteiger partial charge on any atom is 0.326 e. The molecule has 1 fully saturated rings. The molecule has 1 saturated carbocycles. The second-order valence-electron chi connectivity index (χ2n) is 6.17. The highest BCUT2D eigenvalue weighted by molar-refractivity contribution is 5.94. The van der Waals surface area contributed by atoms with Crippen LogP contribution < -0.4 is 5.32 Å². The molecule has 0 aliphatic heterocycles. The smallest absolute Gasteiger partial charge is 0.326 e. The van der Waals surface area contributed by atoms with E-state index in [2.05, 4.69) is 10.4 Å². The lowest BCUT2D eigenvalue weighted by atomic mass is 10.1. The Morgan fingerprint density at radius 2 is 1.92 bits per heavy atom. The van der Waals surface area contributed by atoms with Crippen LogP contribution in [0, 0.1) is 0 Å². The number of aliphatic carboxylic acids is 1. The molecule has 126 valence electrons. The van der Waals surface area contributed by atoms with Crippen LogP contribution >= 0.6 is 0 Å². The number of rotatable bonds is 6. The fourth-order valence-electron chi connectivity index (χ4n) is 3.11. The summed E-state index contributed by atoms with van der Waals surface area (Å²) in [7, 11) is 0. The zero-order valence-electron chi connectivity index (χ0n) is 13.4. The van der Waals surface area contributed by atoms with Crippen molar-refractivity contribution in [3.05, 3.63) is 53.9 Å². The molecule has 1 amide bonds. The van der Waals surface area contributed by atoms with Crippen LogP contribution in [0.25, 0.3) is 0 Å². The summed E-state index contributed by atoms with van der Waals surface area (Å²) in [5.74, 6) is -1.50. The van der Waals surface area contributed by atoms with Crippen molar-refractivity contribution in [1.82, 2.24) is 15.1 Å². The number of carboxylic acid groups (broad SMARTS) is 1. The quantitative estimate of drug-likeness (QED) is 0.853. The largest absolute Gasteiger partial charge is 0.480 e. The zero-order chi connectivity index (χ0) is 16.9. The molecule has 1 aliphatic carbocycles. The van der Waals surface area contributed by atoms with Gasteiger partial charge in [0.15, 0.2) is 0 Å². The molecule has 6 nitrogen and oxygen atoms in total. The van der Waals surface area contributed by atoms with Gasteiger partial charge in [0, 0.05) is 12.6 Å². The summed E-state index contributed by atoms with van der Waals surface area (Å²) >= 11 is 0. The van der Waals surface area contributed by atoms with E-state index in [1.54, 1.807) is 12.3 Å². The Morgan fingerprint density at radius 3 is 2.58 bits per heavy atom. The summed E-state index contributed by atoms with van der Waals surface area (Å²) in [5.41, 5.74) is 1.13. The van der Waals surface area contributed by atoms with Crippen molar-refractivity contribution in [2.75, 3.05) is 0 Å². The van der Waals surface area contributed by atoms with Gasteiger partial charge in [-0.05, 0) is 24.5 Å². The molecule has 1 aromatic heterocycles. The standard InChI is InChI=1S/C18H21N3O3/c22-17(15-10-11-21(20-15)14-8-4-5-9-14)19-16(18(23)24)12-13-6-2-1-3-7-13/h1-3,6-7,10-11,14,16H,4-5,8-9,12H2,(H,19,22)(H,23,24)/t16-/m1/s1. The minimum absolute atomic E-state index is 0.241. The van der Waals surface area contributed by atoms with Gasteiger partial charge in [-0.15, -0.1) is 0 Å². The Bertz CT molecular complexity index is 705. The van der Waals surface area contributed by atoms with Crippen molar-refractivity contribution in [3.8, 4) is 0 Å². The number of amides is 1. The molecule has 0 saturated heterocycles. The van der Waals surface area contributed by atoms with Gasteiger partial charge in [0.25, 0.3) is 5.91 Å². The first kappa shape index (κ1) is 16.2. The zero-order valence-corrected chi connectivity index (χ0v) is 13.4. The molecule has 6 heteroatoms. The second kappa shape index (κ2) is 7.29. The average Bonchev–Trinajstić information content (AvgIpc) is 3.26. The number of aromatic nitrogens is 2. The maximum absolute atomic E-state index is 12.3. The van der Waals surface area contributed by atoms with Gasteiger partial charge in [0.2, 0.25) is 0 Å². The molecule has 1 heterocycles. The van der Waals surface area contributed by atoms with Crippen LogP contribution in [0.1, 0.15) is 47.8 Å². The fraction of sp³-hybridized carbons (Fsp3) is 0.389. The number of hydrogen-bond donors (Lipinski definition) is 2. The Labute approximate surface area is 140 Å². The van der Waals surface area contributed by atoms with Gasteiger partial charge in [-0.2, -0.15) is 5.10 Å². The van der Waals surface area contributed by atoms with Crippen LogP contribution in [0.2, 0.25) is 0 Å². The predicted molar refractivity (Wildman–Crippen MR) is 88.8 cm³/mol. The lowest BCUT2D eigenvalue weighted by Gasteiger charge is -2.14. The SMILES string of the molecule is O=C(N[C@H](Cc1ccccc1)C(=O)O)c1ccn(C2CCCC2)n1.